The summed E-state index contributed by atoms with van der Waals surface area (Å²) in [4.78, 5) is 11.0. The highest BCUT2D eigenvalue weighted by atomic mass is 19.4. The summed E-state index contributed by atoms with van der Waals surface area (Å²) in [6, 6.07) is 6.98. The lowest BCUT2D eigenvalue weighted by molar-refractivity contribution is -0.274. The van der Waals surface area contributed by atoms with Crippen LogP contribution in [0.15, 0.2) is 36.4 Å². The third kappa shape index (κ3) is 6.29. The molecule has 0 heterocycles. The van der Waals surface area contributed by atoms with Crippen molar-refractivity contribution in [3.8, 4) is 17.2 Å². The maximum absolute atomic E-state index is 14.0. The van der Waals surface area contributed by atoms with Crippen molar-refractivity contribution >= 4 is 5.91 Å². The number of unbranched alkanes of at least 4 members (excludes halogenated alkanes) is 1. The van der Waals surface area contributed by atoms with Crippen molar-refractivity contribution in [2.24, 2.45) is 5.73 Å². The van der Waals surface area contributed by atoms with E-state index < -0.39 is 35.2 Å². The zero-order valence-corrected chi connectivity index (χ0v) is 14.4. The van der Waals surface area contributed by atoms with Crippen LogP contribution in [0.25, 0.3) is 0 Å². The Morgan fingerprint density at radius 3 is 2.25 bits per heavy atom. The molecule has 5 nitrogen and oxygen atoms in total. The SMILES string of the molecule is NC(=O)c1c(F)ccc(OCCCCOc2cccc(OC(F)(F)F)c2)c1F. The molecule has 2 N–H and O–H groups in total. The third-order valence-corrected chi connectivity index (χ3v) is 3.41. The highest BCUT2D eigenvalue weighted by Crippen LogP contribution is 2.26. The van der Waals surface area contributed by atoms with Crippen LogP contribution in [0, 0.1) is 11.6 Å². The van der Waals surface area contributed by atoms with Crippen LogP contribution in [0.4, 0.5) is 22.0 Å². The monoisotopic (exact) mass is 405 g/mol. The van der Waals surface area contributed by atoms with Crippen molar-refractivity contribution in [1.29, 1.82) is 0 Å². The largest absolute Gasteiger partial charge is 0.573 e. The first kappa shape index (κ1) is 21.3. The molecule has 10 heteroatoms. The normalized spacial score (nSPS) is 11.2. The molecule has 0 aliphatic carbocycles. The van der Waals surface area contributed by atoms with Gasteiger partial charge >= 0.3 is 6.36 Å². The second-order valence-electron chi connectivity index (χ2n) is 5.53. The van der Waals surface area contributed by atoms with Gasteiger partial charge in [-0.2, -0.15) is 0 Å². The molecule has 0 fully saturated rings. The van der Waals surface area contributed by atoms with Crippen LogP contribution in [0.5, 0.6) is 17.2 Å². The van der Waals surface area contributed by atoms with Gasteiger partial charge in [-0.3, -0.25) is 4.79 Å². The summed E-state index contributed by atoms with van der Waals surface area (Å²) < 4.78 is 78.1. The number of hydrogen-bond acceptors (Lipinski definition) is 4. The molecule has 2 rings (SSSR count). The fourth-order valence-electron chi connectivity index (χ4n) is 2.21. The molecule has 152 valence electrons. The minimum atomic E-state index is -4.79. The van der Waals surface area contributed by atoms with Gasteiger partial charge in [-0.1, -0.05) is 6.07 Å². The minimum Gasteiger partial charge on any atom is -0.493 e. The second-order valence-corrected chi connectivity index (χ2v) is 5.53. The molecule has 0 saturated heterocycles. The number of ether oxygens (including phenoxy) is 3. The fraction of sp³-hybridized carbons (Fsp3) is 0.278. The molecule has 0 aliphatic heterocycles. The van der Waals surface area contributed by atoms with E-state index in [0.717, 1.165) is 24.3 Å². The molecule has 0 atom stereocenters. The number of rotatable bonds is 9. The summed E-state index contributed by atoms with van der Waals surface area (Å²) >= 11 is 0. The highest BCUT2D eigenvalue weighted by molar-refractivity contribution is 5.93. The number of nitrogens with two attached hydrogens (primary N) is 1. The lowest BCUT2D eigenvalue weighted by atomic mass is 10.1. The maximum atomic E-state index is 14.0. The van der Waals surface area contributed by atoms with Gasteiger partial charge in [0.2, 0.25) is 0 Å². The third-order valence-electron chi connectivity index (χ3n) is 3.41. The van der Waals surface area contributed by atoms with Gasteiger partial charge in [0.1, 0.15) is 22.9 Å². The first-order valence-corrected chi connectivity index (χ1v) is 8.06. The predicted octanol–water partition coefficient (Wildman–Crippen LogP) is 4.20. The zero-order chi connectivity index (χ0) is 20.7. The molecule has 0 bridgehead atoms. The number of benzene rings is 2. The Morgan fingerprint density at radius 2 is 1.61 bits per heavy atom. The Labute approximate surface area is 156 Å². The quantitative estimate of drug-likeness (QED) is 0.502. The zero-order valence-electron chi connectivity index (χ0n) is 14.4. The number of amides is 1. The van der Waals surface area contributed by atoms with Gasteiger partial charge in [0.05, 0.1) is 13.2 Å². The van der Waals surface area contributed by atoms with E-state index in [4.69, 9.17) is 15.2 Å². The summed E-state index contributed by atoms with van der Waals surface area (Å²) in [6.07, 6.45) is -3.95. The van der Waals surface area contributed by atoms with Crippen LogP contribution in [-0.4, -0.2) is 25.5 Å². The van der Waals surface area contributed by atoms with Gasteiger partial charge in [-0.25, -0.2) is 8.78 Å². The summed E-state index contributed by atoms with van der Waals surface area (Å²) in [5, 5.41) is 0. The van der Waals surface area contributed by atoms with Crippen LogP contribution in [-0.2, 0) is 0 Å². The number of primary amides is 1. The van der Waals surface area contributed by atoms with Crippen molar-refractivity contribution in [2.75, 3.05) is 13.2 Å². The van der Waals surface area contributed by atoms with Crippen LogP contribution < -0.4 is 19.9 Å². The molecule has 1 amide bonds. The summed E-state index contributed by atoms with van der Waals surface area (Å²) in [7, 11) is 0. The van der Waals surface area contributed by atoms with Crippen LogP contribution in [0.1, 0.15) is 23.2 Å². The first-order chi connectivity index (χ1) is 13.2. The molecular weight excluding hydrogens is 389 g/mol. The number of hydrogen-bond donors (Lipinski definition) is 1. The lowest BCUT2D eigenvalue weighted by Crippen LogP contribution is -2.17. The van der Waals surface area contributed by atoms with Gasteiger partial charge in [-0.15, -0.1) is 13.2 Å². The van der Waals surface area contributed by atoms with Gasteiger partial charge in [0.15, 0.2) is 11.6 Å². The molecule has 0 aromatic heterocycles. The molecule has 0 spiro atoms. The molecule has 0 saturated carbocycles. The van der Waals surface area contributed by atoms with Crippen LogP contribution >= 0.6 is 0 Å². The van der Waals surface area contributed by atoms with Gasteiger partial charge in [0.25, 0.3) is 5.91 Å². The van der Waals surface area contributed by atoms with Gasteiger partial charge < -0.3 is 19.9 Å². The van der Waals surface area contributed by atoms with E-state index >= 15 is 0 Å². The fourth-order valence-corrected chi connectivity index (χ4v) is 2.21. The molecule has 28 heavy (non-hydrogen) atoms. The van der Waals surface area contributed by atoms with Gasteiger partial charge in [-0.05, 0) is 37.1 Å². The Bertz CT molecular complexity index is 826. The molecule has 2 aromatic rings. The van der Waals surface area contributed by atoms with Crippen molar-refractivity contribution in [3.05, 3.63) is 53.6 Å². The molecular formula is C18H16F5NO4. The predicted molar refractivity (Wildman–Crippen MR) is 88.2 cm³/mol. The average Bonchev–Trinajstić information content (AvgIpc) is 2.58. The standard InChI is InChI=1S/C18H16F5NO4/c19-13-6-7-14(16(20)15(13)17(24)25)27-9-2-1-8-26-11-4-3-5-12(10-11)28-18(21,22)23/h3-7,10H,1-2,8-9H2,(H2,24,25). The van der Waals surface area contributed by atoms with E-state index in [1.807, 2.05) is 0 Å². The topological polar surface area (TPSA) is 70.8 Å². The van der Waals surface area contributed by atoms with Crippen molar-refractivity contribution < 1.29 is 41.0 Å². The Morgan fingerprint density at radius 1 is 0.964 bits per heavy atom. The van der Waals surface area contributed by atoms with Crippen LogP contribution in [0.2, 0.25) is 0 Å². The molecule has 0 radical (unpaired) electrons. The molecule has 2 aromatic carbocycles. The number of alkyl halides is 3. The first-order valence-electron chi connectivity index (χ1n) is 8.06. The molecule has 0 unspecified atom stereocenters. The molecule has 0 aliphatic rings. The number of carbonyl (C=O) groups excluding carboxylic acids is 1. The van der Waals surface area contributed by atoms with E-state index in [-0.39, 0.29) is 24.7 Å². The Kier molecular flexibility index (Phi) is 7.02. The minimum absolute atomic E-state index is 0.0430. The smallest absolute Gasteiger partial charge is 0.493 e. The number of halogens is 5. The van der Waals surface area contributed by atoms with Crippen molar-refractivity contribution in [3.63, 3.8) is 0 Å². The highest BCUT2D eigenvalue weighted by Gasteiger charge is 2.31. The average molecular weight is 405 g/mol. The maximum Gasteiger partial charge on any atom is 0.573 e. The summed E-state index contributed by atoms with van der Waals surface area (Å²) in [5.74, 6) is -4.02. The Hall–Kier alpha value is -3.04. The Balaban J connectivity index is 1.77. The summed E-state index contributed by atoms with van der Waals surface area (Å²) in [5.41, 5.74) is 4.04. The van der Waals surface area contributed by atoms with E-state index in [1.54, 1.807) is 0 Å². The van der Waals surface area contributed by atoms with E-state index in [0.29, 0.717) is 12.8 Å². The number of carbonyl (C=O) groups is 1. The van der Waals surface area contributed by atoms with Crippen molar-refractivity contribution in [2.45, 2.75) is 19.2 Å². The van der Waals surface area contributed by atoms with Crippen LogP contribution in [0.3, 0.4) is 0 Å². The van der Waals surface area contributed by atoms with Gasteiger partial charge in [0, 0.05) is 6.07 Å². The van der Waals surface area contributed by atoms with Crippen molar-refractivity contribution in [1.82, 2.24) is 0 Å². The summed E-state index contributed by atoms with van der Waals surface area (Å²) in [6.45, 7) is 0.207. The van der Waals surface area contributed by atoms with E-state index in [2.05, 4.69) is 4.74 Å². The lowest BCUT2D eigenvalue weighted by Gasteiger charge is -2.11. The second kappa shape index (κ2) is 9.25. The van der Waals surface area contributed by atoms with E-state index in [1.165, 1.54) is 12.1 Å². The van der Waals surface area contributed by atoms with E-state index in [9.17, 15) is 26.7 Å².